The molecule has 0 radical (unpaired) electrons. The third-order valence-corrected chi connectivity index (χ3v) is 5.21. The van der Waals surface area contributed by atoms with Crippen LogP contribution >= 0.6 is 11.3 Å². The predicted octanol–water partition coefficient (Wildman–Crippen LogP) is 3.70. The highest BCUT2D eigenvalue weighted by atomic mass is 32.1. The number of aromatic nitrogens is 3. The summed E-state index contributed by atoms with van der Waals surface area (Å²) < 4.78 is 2.10. The van der Waals surface area contributed by atoms with Crippen LogP contribution in [0.2, 0.25) is 0 Å². The fourth-order valence-corrected chi connectivity index (χ4v) is 4.20. The van der Waals surface area contributed by atoms with Gasteiger partial charge in [-0.2, -0.15) is 5.10 Å². The number of hydrogen-bond donors (Lipinski definition) is 1. The maximum Gasteiger partial charge on any atom is 0.150 e. The number of aryl methyl sites for hydroxylation is 4. The van der Waals surface area contributed by atoms with Gasteiger partial charge < -0.3 is 5.32 Å². The summed E-state index contributed by atoms with van der Waals surface area (Å²) in [4.78, 5) is 7.52. The molecule has 2 aromatic heterocycles. The zero-order chi connectivity index (χ0) is 15.0. The van der Waals surface area contributed by atoms with Gasteiger partial charge in [0.2, 0.25) is 0 Å². The lowest BCUT2D eigenvalue weighted by Crippen LogP contribution is -2.30. The van der Waals surface area contributed by atoms with Gasteiger partial charge >= 0.3 is 0 Å². The lowest BCUT2D eigenvalue weighted by Gasteiger charge is -2.26. The second-order valence-electron chi connectivity index (χ2n) is 5.91. The van der Waals surface area contributed by atoms with Crippen molar-refractivity contribution in [2.24, 2.45) is 0 Å². The molecule has 1 aliphatic rings. The lowest BCUT2D eigenvalue weighted by molar-refractivity contribution is 0.344. The Labute approximate surface area is 130 Å². The van der Waals surface area contributed by atoms with Gasteiger partial charge in [0.25, 0.3) is 0 Å². The highest BCUT2D eigenvalue weighted by Gasteiger charge is 2.26. The van der Waals surface area contributed by atoms with Crippen molar-refractivity contribution in [2.45, 2.75) is 65.6 Å². The van der Waals surface area contributed by atoms with E-state index >= 15 is 0 Å². The molecule has 1 N–H and O–H groups in total. The van der Waals surface area contributed by atoms with Crippen molar-refractivity contribution in [3.8, 4) is 0 Å². The van der Waals surface area contributed by atoms with Crippen LogP contribution in [0, 0.1) is 13.8 Å². The molecule has 2 atom stereocenters. The zero-order valence-electron chi connectivity index (χ0n) is 13.3. The molecule has 0 aliphatic carbocycles. The number of nitrogens with zero attached hydrogens (tertiary/aromatic N) is 3. The number of nitrogens with one attached hydrogen (secondary N) is 1. The molecule has 4 nitrogen and oxygen atoms in total. The Morgan fingerprint density at radius 3 is 2.95 bits per heavy atom. The van der Waals surface area contributed by atoms with E-state index in [4.69, 9.17) is 4.98 Å². The first-order chi connectivity index (χ1) is 10.1. The third-order valence-electron chi connectivity index (χ3n) is 4.23. The molecule has 21 heavy (non-hydrogen) atoms. The Morgan fingerprint density at radius 1 is 1.48 bits per heavy atom. The molecule has 114 valence electrons. The average molecular weight is 304 g/mol. The molecule has 3 heterocycles. The molecule has 2 aromatic rings. The van der Waals surface area contributed by atoms with Crippen LogP contribution in [0.4, 0.5) is 0 Å². The summed E-state index contributed by atoms with van der Waals surface area (Å²) in [5.74, 6) is 2.09. The van der Waals surface area contributed by atoms with Crippen molar-refractivity contribution < 1.29 is 0 Å². The lowest BCUT2D eigenvalue weighted by atomic mass is 10.0. The molecule has 0 spiro atoms. The first-order valence-corrected chi connectivity index (χ1v) is 8.66. The Kier molecular flexibility index (Phi) is 4.13. The fourth-order valence-electron chi connectivity index (χ4n) is 3.18. The minimum Gasteiger partial charge on any atom is -0.301 e. The largest absolute Gasteiger partial charge is 0.301 e. The summed E-state index contributed by atoms with van der Waals surface area (Å²) in [6, 6.07) is 2.98. The number of hydrogen-bond acceptors (Lipinski definition) is 4. The van der Waals surface area contributed by atoms with Gasteiger partial charge in [0.05, 0.1) is 6.04 Å². The molecular weight excluding hydrogens is 280 g/mol. The molecule has 0 saturated heterocycles. The van der Waals surface area contributed by atoms with E-state index in [0.717, 1.165) is 31.0 Å². The van der Waals surface area contributed by atoms with Crippen molar-refractivity contribution in [3.05, 3.63) is 33.0 Å². The van der Waals surface area contributed by atoms with E-state index in [1.54, 1.807) is 0 Å². The first-order valence-electron chi connectivity index (χ1n) is 7.85. The van der Waals surface area contributed by atoms with Gasteiger partial charge in [-0.15, -0.1) is 11.3 Å². The van der Waals surface area contributed by atoms with Gasteiger partial charge in [0, 0.05) is 28.8 Å². The summed E-state index contributed by atoms with van der Waals surface area (Å²) >= 11 is 1.88. The van der Waals surface area contributed by atoms with E-state index in [0.29, 0.717) is 12.1 Å². The number of fused-ring (bicyclic) bond motifs is 1. The number of thiophene rings is 1. The van der Waals surface area contributed by atoms with Crippen molar-refractivity contribution in [1.82, 2.24) is 20.1 Å². The van der Waals surface area contributed by atoms with Crippen molar-refractivity contribution >= 4 is 11.3 Å². The third kappa shape index (κ3) is 2.90. The van der Waals surface area contributed by atoms with E-state index < -0.39 is 0 Å². The van der Waals surface area contributed by atoms with Crippen molar-refractivity contribution in [3.63, 3.8) is 0 Å². The Hall–Kier alpha value is -1.20. The monoisotopic (exact) mass is 304 g/mol. The molecule has 3 rings (SSSR count). The summed E-state index contributed by atoms with van der Waals surface area (Å²) in [5, 5.41) is 8.36. The highest BCUT2D eigenvalue weighted by molar-refractivity contribution is 7.12. The topological polar surface area (TPSA) is 42.7 Å². The summed E-state index contributed by atoms with van der Waals surface area (Å²) in [6.07, 6.45) is 3.23. The van der Waals surface area contributed by atoms with Gasteiger partial charge in [-0.1, -0.05) is 6.92 Å². The fraction of sp³-hybridized carbons (Fsp3) is 0.625. The van der Waals surface area contributed by atoms with Gasteiger partial charge in [-0.3, -0.25) is 0 Å². The van der Waals surface area contributed by atoms with Crippen LogP contribution in [0.3, 0.4) is 0 Å². The van der Waals surface area contributed by atoms with Gasteiger partial charge in [0.1, 0.15) is 5.82 Å². The van der Waals surface area contributed by atoms with Crippen LogP contribution in [0.5, 0.6) is 0 Å². The maximum atomic E-state index is 4.72. The molecule has 0 amide bonds. The minimum absolute atomic E-state index is 0.321. The smallest absolute Gasteiger partial charge is 0.150 e. The molecule has 0 aromatic carbocycles. The van der Waals surface area contributed by atoms with Crippen LogP contribution < -0.4 is 5.32 Å². The van der Waals surface area contributed by atoms with Crippen LogP contribution in [-0.4, -0.2) is 14.8 Å². The quantitative estimate of drug-likeness (QED) is 0.936. The van der Waals surface area contributed by atoms with E-state index in [1.165, 1.54) is 21.7 Å². The Balaban J connectivity index is 1.80. The van der Waals surface area contributed by atoms with Gasteiger partial charge in [-0.25, -0.2) is 9.67 Å². The Morgan fingerprint density at radius 2 is 2.29 bits per heavy atom. The maximum absolute atomic E-state index is 4.72. The van der Waals surface area contributed by atoms with E-state index in [-0.39, 0.29) is 0 Å². The predicted molar refractivity (Wildman–Crippen MR) is 86.7 cm³/mol. The second kappa shape index (κ2) is 5.89. The average Bonchev–Trinajstić information content (AvgIpc) is 3.02. The normalized spacial score (nSPS) is 19.5. The SMILES string of the molecule is CCc1nc2n(n1)CCCC2NC(C)c1cc(C)sc1C. The molecule has 1 aliphatic heterocycles. The molecule has 0 saturated carbocycles. The zero-order valence-corrected chi connectivity index (χ0v) is 14.1. The van der Waals surface area contributed by atoms with Crippen LogP contribution in [0.25, 0.3) is 0 Å². The van der Waals surface area contributed by atoms with Gasteiger partial charge in [0.15, 0.2) is 5.82 Å². The second-order valence-corrected chi connectivity index (χ2v) is 7.38. The van der Waals surface area contributed by atoms with Crippen molar-refractivity contribution in [1.29, 1.82) is 0 Å². The summed E-state index contributed by atoms with van der Waals surface area (Å²) in [7, 11) is 0. The van der Waals surface area contributed by atoms with Crippen LogP contribution in [0.15, 0.2) is 6.07 Å². The Bertz CT molecular complexity index is 628. The summed E-state index contributed by atoms with van der Waals surface area (Å²) in [6.45, 7) is 9.77. The van der Waals surface area contributed by atoms with E-state index in [9.17, 15) is 0 Å². The molecular formula is C16H24N4S. The molecule has 0 bridgehead atoms. The number of rotatable bonds is 4. The molecule has 5 heteroatoms. The van der Waals surface area contributed by atoms with Crippen LogP contribution in [-0.2, 0) is 13.0 Å². The van der Waals surface area contributed by atoms with Crippen molar-refractivity contribution in [2.75, 3.05) is 0 Å². The van der Waals surface area contributed by atoms with E-state index in [1.807, 2.05) is 11.3 Å². The minimum atomic E-state index is 0.321. The first kappa shape index (κ1) is 14.7. The summed E-state index contributed by atoms with van der Waals surface area (Å²) in [5.41, 5.74) is 1.42. The molecule has 2 unspecified atom stereocenters. The molecule has 0 fully saturated rings. The standard InChI is InChI=1S/C16H24N4S/c1-5-15-18-16-14(7-6-8-20(16)19-15)17-11(3)13-9-10(2)21-12(13)4/h9,11,14,17H,5-8H2,1-4H3. The highest BCUT2D eigenvalue weighted by Crippen LogP contribution is 2.30. The van der Waals surface area contributed by atoms with Gasteiger partial charge in [-0.05, 0) is 45.2 Å². The van der Waals surface area contributed by atoms with E-state index in [2.05, 4.69) is 48.9 Å². The van der Waals surface area contributed by atoms with Crippen LogP contribution in [0.1, 0.15) is 65.7 Å².